The van der Waals surface area contributed by atoms with Crippen LogP contribution in [0.4, 0.5) is 5.69 Å². The van der Waals surface area contributed by atoms with Crippen LogP contribution < -0.4 is 11.1 Å². The summed E-state index contributed by atoms with van der Waals surface area (Å²) in [5.41, 5.74) is 9.11. The lowest BCUT2D eigenvalue weighted by molar-refractivity contribution is 0.0998. The second kappa shape index (κ2) is 7.40. The average Bonchev–Trinajstić information content (AvgIpc) is 3.11. The number of benzene rings is 3. The molecule has 5 heteroatoms. The van der Waals surface area contributed by atoms with Gasteiger partial charge in [0.1, 0.15) is 0 Å². The summed E-state index contributed by atoms with van der Waals surface area (Å²) in [5, 5.41) is 3.84. The van der Waals surface area contributed by atoms with Crippen LogP contribution in [0.1, 0.15) is 26.3 Å². The molecule has 5 nitrogen and oxygen atoms in total. The van der Waals surface area contributed by atoms with Gasteiger partial charge in [0.25, 0.3) is 5.91 Å². The Kier molecular flexibility index (Phi) is 4.64. The SMILES string of the molecule is NC(=O)c1ccc(NC(=O)c2ccc3c(ccn3Cc3ccccc3)c2)cc1. The molecule has 0 spiro atoms. The number of fused-ring (bicyclic) bond motifs is 1. The standard InChI is InChI=1S/C23H19N3O2/c24-22(27)17-6-9-20(10-7-17)25-23(28)19-8-11-21-18(14-19)12-13-26(21)15-16-4-2-1-3-5-16/h1-14H,15H2,(H2,24,27)(H,25,28). The molecule has 0 fully saturated rings. The van der Waals surface area contributed by atoms with Gasteiger partial charge in [-0.3, -0.25) is 9.59 Å². The predicted octanol–water partition coefficient (Wildman–Crippen LogP) is 4.04. The average molecular weight is 369 g/mol. The number of aromatic nitrogens is 1. The quantitative estimate of drug-likeness (QED) is 0.557. The van der Waals surface area contributed by atoms with E-state index in [0.29, 0.717) is 16.8 Å². The molecule has 1 heterocycles. The fourth-order valence-corrected chi connectivity index (χ4v) is 3.18. The van der Waals surface area contributed by atoms with E-state index in [4.69, 9.17) is 5.73 Å². The van der Waals surface area contributed by atoms with Crippen LogP contribution in [0.15, 0.2) is 85.1 Å². The number of amides is 2. The smallest absolute Gasteiger partial charge is 0.255 e. The first kappa shape index (κ1) is 17.5. The van der Waals surface area contributed by atoms with Gasteiger partial charge in [-0.1, -0.05) is 30.3 Å². The molecule has 0 saturated carbocycles. The summed E-state index contributed by atoms with van der Waals surface area (Å²) in [5.74, 6) is -0.701. The number of rotatable bonds is 5. The molecule has 0 saturated heterocycles. The molecule has 4 aromatic rings. The zero-order valence-electron chi connectivity index (χ0n) is 15.1. The zero-order chi connectivity index (χ0) is 19.5. The van der Waals surface area contributed by atoms with Crippen LogP contribution >= 0.6 is 0 Å². The highest BCUT2D eigenvalue weighted by Gasteiger charge is 2.10. The van der Waals surface area contributed by atoms with Crippen molar-refractivity contribution in [3.8, 4) is 0 Å². The number of nitrogens with two attached hydrogens (primary N) is 1. The molecule has 0 radical (unpaired) electrons. The summed E-state index contributed by atoms with van der Waals surface area (Å²) < 4.78 is 2.16. The summed E-state index contributed by atoms with van der Waals surface area (Å²) in [6.07, 6.45) is 2.03. The Morgan fingerprint density at radius 3 is 2.29 bits per heavy atom. The van der Waals surface area contributed by atoms with Crippen LogP contribution in [-0.4, -0.2) is 16.4 Å². The summed E-state index contributed by atoms with van der Waals surface area (Å²) in [6, 6.07) is 24.4. The number of nitrogens with zero attached hydrogens (tertiary/aromatic N) is 1. The first-order valence-electron chi connectivity index (χ1n) is 8.94. The van der Waals surface area contributed by atoms with Gasteiger partial charge in [0.2, 0.25) is 5.91 Å². The molecule has 0 bridgehead atoms. The molecule has 3 N–H and O–H groups in total. The summed E-state index contributed by atoms with van der Waals surface area (Å²) in [7, 11) is 0. The fraction of sp³-hybridized carbons (Fsp3) is 0.0435. The second-order valence-corrected chi connectivity index (χ2v) is 6.60. The highest BCUT2D eigenvalue weighted by Crippen LogP contribution is 2.20. The highest BCUT2D eigenvalue weighted by molar-refractivity contribution is 6.06. The van der Waals surface area contributed by atoms with Crippen molar-refractivity contribution in [1.82, 2.24) is 4.57 Å². The van der Waals surface area contributed by atoms with Crippen molar-refractivity contribution >= 4 is 28.4 Å². The largest absolute Gasteiger partial charge is 0.366 e. The van der Waals surface area contributed by atoms with Crippen molar-refractivity contribution in [3.05, 3.63) is 102 Å². The lowest BCUT2D eigenvalue weighted by Gasteiger charge is -2.08. The van der Waals surface area contributed by atoms with E-state index in [9.17, 15) is 9.59 Å². The summed E-state index contributed by atoms with van der Waals surface area (Å²) in [6.45, 7) is 0.780. The van der Waals surface area contributed by atoms with E-state index in [2.05, 4.69) is 22.0 Å². The topological polar surface area (TPSA) is 77.1 Å². The molecule has 0 aliphatic rings. The van der Waals surface area contributed by atoms with E-state index < -0.39 is 5.91 Å². The molecule has 0 unspecified atom stereocenters. The Morgan fingerprint density at radius 2 is 1.57 bits per heavy atom. The van der Waals surface area contributed by atoms with Gasteiger partial charge in [-0.05, 0) is 54.1 Å². The second-order valence-electron chi connectivity index (χ2n) is 6.60. The number of nitrogens with one attached hydrogen (secondary N) is 1. The Morgan fingerprint density at radius 1 is 0.857 bits per heavy atom. The summed E-state index contributed by atoms with van der Waals surface area (Å²) in [4.78, 5) is 23.7. The van der Waals surface area contributed by atoms with Gasteiger partial charge in [-0.15, -0.1) is 0 Å². The highest BCUT2D eigenvalue weighted by atomic mass is 16.2. The van der Waals surface area contributed by atoms with Gasteiger partial charge < -0.3 is 15.6 Å². The molecule has 3 aromatic carbocycles. The minimum Gasteiger partial charge on any atom is -0.366 e. The van der Waals surface area contributed by atoms with Crippen LogP contribution in [0.25, 0.3) is 10.9 Å². The number of hydrogen-bond donors (Lipinski definition) is 2. The van der Waals surface area contributed by atoms with Crippen LogP contribution in [-0.2, 0) is 6.54 Å². The molecular formula is C23H19N3O2. The van der Waals surface area contributed by atoms with E-state index in [-0.39, 0.29) is 5.91 Å². The predicted molar refractivity (Wildman–Crippen MR) is 110 cm³/mol. The van der Waals surface area contributed by atoms with Gasteiger partial charge in [-0.2, -0.15) is 0 Å². The van der Waals surface area contributed by atoms with Gasteiger partial charge in [0.05, 0.1) is 0 Å². The van der Waals surface area contributed by atoms with Crippen molar-refractivity contribution in [3.63, 3.8) is 0 Å². The minimum atomic E-state index is -0.497. The van der Waals surface area contributed by atoms with Gasteiger partial charge in [0, 0.05) is 40.5 Å². The third-order valence-corrected chi connectivity index (χ3v) is 4.66. The number of hydrogen-bond acceptors (Lipinski definition) is 2. The van der Waals surface area contributed by atoms with E-state index in [1.807, 2.05) is 48.7 Å². The lowest BCUT2D eigenvalue weighted by Crippen LogP contribution is -2.13. The van der Waals surface area contributed by atoms with Gasteiger partial charge in [0.15, 0.2) is 0 Å². The molecule has 4 rings (SSSR count). The third kappa shape index (κ3) is 3.64. The molecule has 0 aliphatic heterocycles. The maximum atomic E-state index is 12.6. The van der Waals surface area contributed by atoms with Crippen molar-refractivity contribution in [2.24, 2.45) is 5.73 Å². The first-order valence-corrected chi connectivity index (χ1v) is 8.94. The summed E-state index contributed by atoms with van der Waals surface area (Å²) >= 11 is 0. The monoisotopic (exact) mass is 369 g/mol. The van der Waals surface area contributed by atoms with Gasteiger partial charge >= 0.3 is 0 Å². The maximum absolute atomic E-state index is 12.6. The Bertz CT molecular complexity index is 1150. The minimum absolute atomic E-state index is 0.204. The van der Waals surface area contributed by atoms with Crippen molar-refractivity contribution < 1.29 is 9.59 Å². The molecule has 28 heavy (non-hydrogen) atoms. The van der Waals surface area contributed by atoms with E-state index in [1.165, 1.54) is 5.56 Å². The van der Waals surface area contributed by atoms with Gasteiger partial charge in [-0.25, -0.2) is 0 Å². The van der Waals surface area contributed by atoms with Crippen LogP contribution in [0, 0.1) is 0 Å². The lowest BCUT2D eigenvalue weighted by atomic mass is 10.1. The third-order valence-electron chi connectivity index (χ3n) is 4.66. The Hall–Kier alpha value is -3.86. The normalized spacial score (nSPS) is 10.7. The molecule has 2 amide bonds. The van der Waals surface area contributed by atoms with Crippen LogP contribution in [0.2, 0.25) is 0 Å². The van der Waals surface area contributed by atoms with Crippen molar-refractivity contribution in [2.75, 3.05) is 5.32 Å². The first-order chi connectivity index (χ1) is 13.6. The zero-order valence-corrected chi connectivity index (χ0v) is 15.1. The van der Waals surface area contributed by atoms with E-state index in [1.54, 1.807) is 24.3 Å². The Labute approximate surface area is 162 Å². The fourth-order valence-electron chi connectivity index (χ4n) is 3.18. The maximum Gasteiger partial charge on any atom is 0.255 e. The number of carbonyl (C=O) groups is 2. The number of carbonyl (C=O) groups excluding carboxylic acids is 2. The van der Waals surface area contributed by atoms with E-state index in [0.717, 1.165) is 17.4 Å². The van der Waals surface area contributed by atoms with Crippen LogP contribution in [0.3, 0.4) is 0 Å². The van der Waals surface area contributed by atoms with Crippen molar-refractivity contribution in [2.45, 2.75) is 6.54 Å². The van der Waals surface area contributed by atoms with Crippen molar-refractivity contribution in [1.29, 1.82) is 0 Å². The molecular weight excluding hydrogens is 350 g/mol. The molecule has 138 valence electrons. The number of anilines is 1. The molecule has 0 aliphatic carbocycles. The van der Waals surface area contributed by atoms with E-state index >= 15 is 0 Å². The number of primary amides is 1. The van der Waals surface area contributed by atoms with Crippen LogP contribution in [0.5, 0.6) is 0 Å². The Balaban J connectivity index is 1.53. The molecule has 0 atom stereocenters. The molecule has 1 aromatic heterocycles.